The Kier molecular flexibility index (Phi) is 6.52. The number of methoxy groups -OCH3 is 1. The highest BCUT2D eigenvalue weighted by Crippen LogP contribution is 2.36. The van der Waals surface area contributed by atoms with Crippen molar-refractivity contribution in [2.45, 2.75) is 37.6 Å². The molecular formula is C20H20F2N6O3S. The second kappa shape index (κ2) is 8.97. The molecule has 1 aromatic heterocycles. The van der Waals surface area contributed by atoms with Gasteiger partial charge in [-0.05, 0) is 48.7 Å². The predicted molar refractivity (Wildman–Crippen MR) is 109 cm³/mol. The summed E-state index contributed by atoms with van der Waals surface area (Å²) in [6.07, 6.45) is 0. The van der Waals surface area contributed by atoms with Crippen molar-refractivity contribution in [3.63, 3.8) is 0 Å². The van der Waals surface area contributed by atoms with E-state index < -0.39 is 44.3 Å². The number of aromatic nitrogens is 4. The minimum atomic E-state index is -4.43. The molecule has 0 saturated heterocycles. The van der Waals surface area contributed by atoms with E-state index in [1.807, 2.05) is 6.92 Å². The molecule has 0 radical (unpaired) electrons. The molecule has 0 spiro atoms. The number of nitrogens with zero attached hydrogens (tertiary/aromatic N) is 4. The lowest BCUT2D eigenvalue weighted by molar-refractivity contribution is 0.372. The number of ether oxygens (including phenoxy) is 1. The van der Waals surface area contributed by atoms with E-state index in [1.165, 1.54) is 6.07 Å². The number of aryl methyl sites for hydroxylation is 1. The fourth-order valence-electron chi connectivity index (χ4n) is 3.47. The second-order valence-electron chi connectivity index (χ2n) is 7.13. The molecule has 3 rings (SSSR count). The van der Waals surface area contributed by atoms with Crippen molar-refractivity contribution in [2.75, 3.05) is 7.11 Å². The standard InChI is InChI=1S/C20H20F2N6O3S/c1-10-5-7-14(21)16(11(10)2)12(3)18(20-24-27-28-25-20)26-32(29,30)15-8-6-13(9-23)17(22)19(15)31-4/h5-8,12,18,26H,1-4H3,(H,24,25,27,28)/t12-,18+/m1/s1. The Morgan fingerprint density at radius 1 is 1.22 bits per heavy atom. The van der Waals surface area contributed by atoms with Gasteiger partial charge in [0.25, 0.3) is 0 Å². The van der Waals surface area contributed by atoms with Gasteiger partial charge in [-0.1, -0.05) is 18.2 Å². The number of rotatable bonds is 7. The topological polar surface area (TPSA) is 134 Å². The number of halogens is 2. The molecule has 12 heteroatoms. The number of sulfonamides is 1. The molecule has 0 aliphatic carbocycles. The molecule has 0 unspecified atom stereocenters. The molecule has 9 nitrogen and oxygen atoms in total. The van der Waals surface area contributed by atoms with Crippen molar-refractivity contribution in [1.29, 1.82) is 5.26 Å². The van der Waals surface area contributed by atoms with Crippen LogP contribution in [0.5, 0.6) is 5.75 Å². The summed E-state index contributed by atoms with van der Waals surface area (Å²) in [5, 5.41) is 22.5. The van der Waals surface area contributed by atoms with Crippen molar-refractivity contribution < 1.29 is 21.9 Å². The van der Waals surface area contributed by atoms with Gasteiger partial charge in [0, 0.05) is 5.92 Å². The van der Waals surface area contributed by atoms with Crippen molar-refractivity contribution in [3.05, 3.63) is 64.0 Å². The van der Waals surface area contributed by atoms with Crippen LogP contribution in [0, 0.1) is 36.8 Å². The summed E-state index contributed by atoms with van der Waals surface area (Å²) in [6.45, 7) is 5.15. The highest BCUT2D eigenvalue weighted by atomic mass is 32.2. The Balaban J connectivity index is 2.12. The molecule has 2 atom stereocenters. The Labute approximate surface area is 183 Å². The summed E-state index contributed by atoms with van der Waals surface area (Å²) in [6, 6.07) is 5.48. The Morgan fingerprint density at radius 2 is 1.94 bits per heavy atom. The van der Waals surface area contributed by atoms with E-state index >= 15 is 0 Å². The third kappa shape index (κ3) is 4.17. The van der Waals surface area contributed by atoms with E-state index in [4.69, 9.17) is 10.00 Å². The lowest BCUT2D eigenvalue weighted by Gasteiger charge is -2.25. The van der Waals surface area contributed by atoms with Gasteiger partial charge in [-0.25, -0.2) is 17.2 Å². The van der Waals surface area contributed by atoms with Gasteiger partial charge in [-0.3, -0.25) is 0 Å². The molecule has 168 valence electrons. The molecule has 1 heterocycles. The normalized spacial score (nSPS) is 13.4. The number of nitriles is 1. The molecule has 0 amide bonds. The van der Waals surface area contributed by atoms with E-state index in [0.29, 0.717) is 5.56 Å². The number of benzene rings is 2. The highest BCUT2D eigenvalue weighted by molar-refractivity contribution is 7.89. The van der Waals surface area contributed by atoms with Crippen LogP contribution < -0.4 is 9.46 Å². The van der Waals surface area contributed by atoms with Gasteiger partial charge < -0.3 is 4.74 Å². The number of nitrogens with one attached hydrogen (secondary N) is 2. The number of hydrogen-bond acceptors (Lipinski definition) is 7. The number of H-pyrrole nitrogens is 1. The van der Waals surface area contributed by atoms with E-state index in [9.17, 15) is 17.2 Å². The van der Waals surface area contributed by atoms with Crippen molar-refractivity contribution >= 4 is 10.0 Å². The fourth-order valence-corrected chi connectivity index (χ4v) is 4.90. The van der Waals surface area contributed by atoms with Crippen LogP contribution in [-0.2, 0) is 10.0 Å². The fraction of sp³-hybridized carbons (Fsp3) is 0.300. The molecule has 2 N–H and O–H groups in total. The maximum Gasteiger partial charge on any atom is 0.245 e. The maximum absolute atomic E-state index is 14.8. The van der Waals surface area contributed by atoms with Crippen molar-refractivity contribution in [1.82, 2.24) is 25.3 Å². The second-order valence-corrected chi connectivity index (χ2v) is 8.81. The first-order valence-corrected chi connectivity index (χ1v) is 10.9. The quantitative estimate of drug-likeness (QED) is 0.551. The molecule has 0 aliphatic heterocycles. The molecule has 2 aromatic carbocycles. The first-order chi connectivity index (χ1) is 15.1. The first-order valence-electron chi connectivity index (χ1n) is 9.40. The minimum absolute atomic E-state index is 0.0329. The van der Waals surface area contributed by atoms with E-state index in [1.54, 1.807) is 26.0 Å². The van der Waals surface area contributed by atoms with E-state index in [0.717, 1.165) is 24.8 Å². The third-order valence-corrected chi connectivity index (χ3v) is 6.75. The van der Waals surface area contributed by atoms with Crippen LogP contribution >= 0.6 is 0 Å². The van der Waals surface area contributed by atoms with Crippen LogP contribution in [0.1, 0.15) is 47.0 Å². The number of hydrogen-bond donors (Lipinski definition) is 2. The van der Waals surface area contributed by atoms with Crippen LogP contribution in [0.4, 0.5) is 8.78 Å². The van der Waals surface area contributed by atoms with E-state index in [2.05, 4.69) is 25.3 Å². The Morgan fingerprint density at radius 3 is 2.53 bits per heavy atom. The van der Waals surface area contributed by atoms with Crippen LogP contribution in [0.15, 0.2) is 29.2 Å². The SMILES string of the molecule is COc1c(S(=O)(=O)N[C@H](c2nn[nH]n2)[C@H](C)c2c(F)ccc(C)c2C)ccc(C#N)c1F. The van der Waals surface area contributed by atoms with Crippen molar-refractivity contribution in [2.24, 2.45) is 0 Å². The summed E-state index contributed by atoms with van der Waals surface area (Å²) >= 11 is 0. The van der Waals surface area contributed by atoms with Gasteiger partial charge in [0.05, 0.1) is 18.7 Å². The Bertz CT molecular complexity index is 1290. The van der Waals surface area contributed by atoms with Crippen molar-refractivity contribution in [3.8, 4) is 11.8 Å². The largest absolute Gasteiger partial charge is 0.492 e. The predicted octanol–water partition coefficient (Wildman–Crippen LogP) is 2.80. The number of tetrazole rings is 1. The van der Waals surface area contributed by atoms with Gasteiger partial charge in [0.15, 0.2) is 17.4 Å². The summed E-state index contributed by atoms with van der Waals surface area (Å²) in [5.74, 6) is -3.04. The highest BCUT2D eigenvalue weighted by Gasteiger charge is 2.34. The average molecular weight is 462 g/mol. The third-order valence-electron chi connectivity index (χ3n) is 5.28. The summed E-state index contributed by atoms with van der Waals surface area (Å²) in [4.78, 5) is -0.529. The lowest BCUT2D eigenvalue weighted by atomic mass is 9.88. The summed E-state index contributed by atoms with van der Waals surface area (Å²) < 4.78 is 63.1. The first kappa shape index (κ1) is 23.2. The van der Waals surface area contributed by atoms with Gasteiger partial charge in [0.1, 0.15) is 16.8 Å². The monoisotopic (exact) mass is 462 g/mol. The van der Waals surface area contributed by atoms with Gasteiger partial charge in [-0.2, -0.15) is 15.2 Å². The molecule has 0 fully saturated rings. The molecule has 32 heavy (non-hydrogen) atoms. The zero-order valence-corrected chi connectivity index (χ0v) is 18.5. The van der Waals surface area contributed by atoms with Crippen LogP contribution in [0.25, 0.3) is 0 Å². The molecule has 0 bridgehead atoms. The van der Waals surface area contributed by atoms with E-state index in [-0.39, 0.29) is 17.0 Å². The Hall–Kier alpha value is -3.43. The lowest BCUT2D eigenvalue weighted by Crippen LogP contribution is -2.33. The van der Waals surface area contributed by atoms with Crippen LogP contribution in [-0.4, -0.2) is 36.2 Å². The zero-order chi connectivity index (χ0) is 23.6. The van der Waals surface area contributed by atoms with Crippen LogP contribution in [0.3, 0.4) is 0 Å². The molecule has 3 aromatic rings. The van der Waals surface area contributed by atoms with Gasteiger partial charge in [0.2, 0.25) is 10.0 Å². The van der Waals surface area contributed by atoms with Gasteiger partial charge >= 0.3 is 0 Å². The van der Waals surface area contributed by atoms with Gasteiger partial charge in [-0.15, -0.1) is 10.2 Å². The average Bonchev–Trinajstić information content (AvgIpc) is 3.29. The smallest absolute Gasteiger partial charge is 0.245 e. The molecule has 0 saturated carbocycles. The molecule has 0 aliphatic rings. The molecular weight excluding hydrogens is 442 g/mol. The zero-order valence-electron chi connectivity index (χ0n) is 17.6. The summed E-state index contributed by atoms with van der Waals surface area (Å²) in [5.41, 5.74) is 1.37. The number of aromatic amines is 1. The van der Waals surface area contributed by atoms with Crippen LogP contribution in [0.2, 0.25) is 0 Å². The summed E-state index contributed by atoms with van der Waals surface area (Å²) in [7, 11) is -3.35. The maximum atomic E-state index is 14.8. The minimum Gasteiger partial charge on any atom is -0.492 e.